The van der Waals surface area contributed by atoms with Gasteiger partial charge in [-0.3, -0.25) is 0 Å². The van der Waals surface area contributed by atoms with Gasteiger partial charge >= 0.3 is 23.7 Å². The van der Waals surface area contributed by atoms with Crippen LogP contribution in [0.3, 0.4) is 0 Å². The third-order valence-electron chi connectivity index (χ3n) is 3.56. The summed E-state index contributed by atoms with van der Waals surface area (Å²) in [7, 11) is 1.83. The number of anilines is 1. The molecule has 1 aromatic rings. The van der Waals surface area contributed by atoms with Crippen LogP contribution in [0.15, 0.2) is 0 Å². The molecule has 0 saturated carbocycles. The van der Waals surface area contributed by atoms with E-state index in [2.05, 4.69) is 4.74 Å². The highest BCUT2D eigenvalue weighted by molar-refractivity contribution is 5.52. The molecule has 0 amide bonds. The molecule has 0 aromatic heterocycles. The Hall–Kier alpha value is -2.06. The molecule has 0 bridgehead atoms. The van der Waals surface area contributed by atoms with Crippen LogP contribution in [0.25, 0.3) is 0 Å². The number of alkyl halides is 8. The van der Waals surface area contributed by atoms with Crippen LogP contribution >= 0.6 is 0 Å². The molecule has 0 spiro atoms. The van der Waals surface area contributed by atoms with Gasteiger partial charge in [-0.05, 0) is 0 Å². The van der Waals surface area contributed by atoms with Gasteiger partial charge in [-0.25, -0.2) is 8.78 Å². The number of halogens is 12. The minimum atomic E-state index is -6.92. The lowest BCUT2D eigenvalue weighted by Crippen LogP contribution is -2.64. The molecular formula is C14H11F12NO2. The number of hydrogen-bond acceptors (Lipinski definition) is 3. The van der Waals surface area contributed by atoms with Crippen molar-refractivity contribution in [2.45, 2.75) is 23.7 Å². The second-order valence-electron chi connectivity index (χ2n) is 5.83. The Morgan fingerprint density at radius 2 is 1.10 bits per heavy atom. The molecule has 0 heterocycles. The van der Waals surface area contributed by atoms with Crippen LogP contribution in [0, 0.1) is 23.3 Å². The first kappa shape index (κ1) is 25.0. The molecule has 0 saturated heterocycles. The number of aliphatic hydroxyl groups is 1. The standard InChI is InChI=1S/C14H11F12NO2/c1-27(2)9-5(15)7(17)10(8(18)6(9)16)29-4-12(21,22)14(25,26)13(23,24)11(19,20)3-28/h28H,3-4H2,1-2H3. The van der Waals surface area contributed by atoms with E-state index in [9.17, 15) is 52.7 Å². The second-order valence-corrected chi connectivity index (χ2v) is 5.83. The summed E-state index contributed by atoms with van der Waals surface area (Å²) in [6.07, 6.45) is 0. The van der Waals surface area contributed by atoms with E-state index in [4.69, 9.17) is 5.11 Å². The summed E-state index contributed by atoms with van der Waals surface area (Å²) in [6, 6.07) is 0. The molecule has 1 aromatic carbocycles. The number of ether oxygens (including phenoxy) is 1. The van der Waals surface area contributed by atoms with Crippen LogP contribution in [0.4, 0.5) is 58.4 Å². The average Bonchev–Trinajstić information content (AvgIpc) is 2.59. The highest BCUT2D eigenvalue weighted by atomic mass is 19.4. The SMILES string of the molecule is CN(C)c1c(F)c(F)c(OCC(F)(F)C(F)(F)C(F)(F)C(F)(F)CO)c(F)c1F. The maximum Gasteiger partial charge on any atom is 0.381 e. The predicted molar refractivity (Wildman–Crippen MR) is 73.0 cm³/mol. The number of aliphatic hydroxyl groups excluding tert-OH is 1. The van der Waals surface area contributed by atoms with Gasteiger partial charge in [-0.1, -0.05) is 0 Å². The molecule has 0 unspecified atom stereocenters. The molecule has 1 N–H and O–H groups in total. The monoisotopic (exact) mass is 453 g/mol. The Kier molecular flexibility index (Phi) is 6.58. The Morgan fingerprint density at radius 3 is 1.45 bits per heavy atom. The van der Waals surface area contributed by atoms with E-state index in [0.717, 1.165) is 14.1 Å². The van der Waals surface area contributed by atoms with Crippen LogP contribution in [0.1, 0.15) is 0 Å². The van der Waals surface area contributed by atoms with Crippen molar-refractivity contribution in [3.8, 4) is 5.75 Å². The lowest BCUT2D eigenvalue weighted by Gasteiger charge is -2.35. The summed E-state index contributed by atoms with van der Waals surface area (Å²) in [5, 5.41) is 8.05. The minimum Gasteiger partial charge on any atom is -0.481 e. The third-order valence-corrected chi connectivity index (χ3v) is 3.56. The van der Waals surface area contributed by atoms with Gasteiger partial charge in [0.05, 0.1) is 0 Å². The van der Waals surface area contributed by atoms with Crippen molar-refractivity contribution in [3.05, 3.63) is 23.3 Å². The molecule has 168 valence electrons. The summed E-state index contributed by atoms with van der Waals surface area (Å²) < 4.78 is 164. The van der Waals surface area contributed by atoms with Crippen LogP contribution in [0.5, 0.6) is 5.75 Å². The van der Waals surface area contributed by atoms with Crippen molar-refractivity contribution in [1.82, 2.24) is 0 Å². The molecule has 29 heavy (non-hydrogen) atoms. The zero-order valence-corrected chi connectivity index (χ0v) is 14.3. The van der Waals surface area contributed by atoms with Crippen molar-refractivity contribution in [1.29, 1.82) is 0 Å². The van der Waals surface area contributed by atoms with E-state index in [-0.39, 0.29) is 0 Å². The number of rotatable bonds is 8. The van der Waals surface area contributed by atoms with E-state index in [1.165, 1.54) is 0 Å². The Balaban J connectivity index is 3.33. The Labute approximate surface area is 154 Å². The summed E-state index contributed by atoms with van der Waals surface area (Å²) in [5.74, 6) is -37.7. The predicted octanol–water partition coefficient (Wildman–Crippen LogP) is 4.22. The molecule has 0 aliphatic heterocycles. The zero-order chi connectivity index (χ0) is 23.2. The maximum atomic E-state index is 13.7. The van der Waals surface area contributed by atoms with Gasteiger partial charge in [0.15, 0.2) is 24.0 Å². The number of nitrogens with zero attached hydrogens (tertiary/aromatic N) is 1. The van der Waals surface area contributed by atoms with E-state index in [1.807, 2.05) is 0 Å². The molecule has 15 heteroatoms. The Morgan fingerprint density at radius 1 is 0.724 bits per heavy atom. The average molecular weight is 453 g/mol. The topological polar surface area (TPSA) is 32.7 Å². The van der Waals surface area contributed by atoms with Gasteiger partial charge in [0.25, 0.3) is 0 Å². The number of benzene rings is 1. The van der Waals surface area contributed by atoms with E-state index < -0.39 is 71.6 Å². The Bertz CT molecular complexity index is 736. The molecule has 0 radical (unpaired) electrons. The van der Waals surface area contributed by atoms with Crippen LogP contribution in [0.2, 0.25) is 0 Å². The maximum absolute atomic E-state index is 13.7. The lowest BCUT2D eigenvalue weighted by atomic mass is 9.99. The van der Waals surface area contributed by atoms with Crippen molar-refractivity contribution in [2.24, 2.45) is 0 Å². The normalized spacial score (nSPS) is 13.6. The summed E-state index contributed by atoms with van der Waals surface area (Å²) >= 11 is 0. The zero-order valence-electron chi connectivity index (χ0n) is 14.3. The highest BCUT2D eigenvalue weighted by Gasteiger charge is 2.80. The summed E-state index contributed by atoms with van der Waals surface area (Å²) in [6.45, 7) is -6.02. The van der Waals surface area contributed by atoms with Gasteiger partial charge in [0, 0.05) is 14.1 Å². The summed E-state index contributed by atoms with van der Waals surface area (Å²) in [4.78, 5) is 0.515. The molecule has 3 nitrogen and oxygen atoms in total. The lowest BCUT2D eigenvalue weighted by molar-refractivity contribution is -0.372. The fourth-order valence-corrected chi connectivity index (χ4v) is 1.93. The molecule has 1 rings (SSSR count). The van der Waals surface area contributed by atoms with Gasteiger partial charge in [-0.15, -0.1) is 0 Å². The number of hydrogen-bond donors (Lipinski definition) is 1. The second kappa shape index (κ2) is 7.65. The molecule has 0 aliphatic carbocycles. The molecule has 0 aliphatic rings. The fourth-order valence-electron chi connectivity index (χ4n) is 1.93. The minimum absolute atomic E-state index is 0.515. The van der Waals surface area contributed by atoms with Gasteiger partial charge < -0.3 is 14.7 Å². The first-order chi connectivity index (χ1) is 12.9. The van der Waals surface area contributed by atoms with Crippen molar-refractivity contribution < 1.29 is 62.5 Å². The van der Waals surface area contributed by atoms with Crippen molar-refractivity contribution >= 4 is 5.69 Å². The highest BCUT2D eigenvalue weighted by Crippen LogP contribution is 2.52. The van der Waals surface area contributed by atoms with Gasteiger partial charge in [-0.2, -0.15) is 43.9 Å². The third kappa shape index (κ3) is 3.88. The molecular weight excluding hydrogens is 442 g/mol. The van der Waals surface area contributed by atoms with Crippen molar-refractivity contribution in [2.75, 3.05) is 32.2 Å². The first-order valence-electron chi connectivity index (χ1n) is 7.15. The van der Waals surface area contributed by atoms with Crippen LogP contribution < -0.4 is 9.64 Å². The van der Waals surface area contributed by atoms with Crippen molar-refractivity contribution in [3.63, 3.8) is 0 Å². The quantitative estimate of drug-likeness (QED) is 0.473. The van der Waals surface area contributed by atoms with E-state index in [0.29, 0.717) is 4.90 Å². The summed E-state index contributed by atoms with van der Waals surface area (Å²) in [5.41, 5.74) is -1.35. The van der Waals surface area contributed by atoms with Gasteiger partial charge in [0.1, 0.15) is 12.3 Å². The van der Waals surface area contributed by atoms with Crippen LogP contribution in [-0.4, -0.2) is 56.1 Å². The van der Waals surface area contributed by atoms with E-state index >= 15 is 0 Å². The molecule has 0 atom stereocenters. The molecule has 0 fully saturated rings. The smallest absolute Gasteiger partial charge is 0.381 e. The fraction of sp³-hybridized carbons (Fsp3) is 0.571. The van der Waals surface area contributed by atoms with E-state index in [1.54, 1.807) is 0 Å². The van der Waals surface area contributed by atoms with Crippen LogP contribution in [-0.2, 0) is 0 Å². The first-order valence-corrected chi connectivity index (χ1v) is 7.15. The van der Waals surface area contributed by atoms with Gasteiger partial charge in [0.2, 0.25) is 11.6 Å². The largest absolute Gasteiger partial charge is 0.481 e.